The van der Waals surface area contributed by atoms with Gasteiger partial charge < -0.3 is 9.84 Å². The van der Waals surface area contributed by atoms with Gasteiger partial charge in [-0.05, 0) is 60.4 Å². The molecule has 0 spiro atoms. The normalized spacial score (nSPS) is 15.8. The van der Waals surface area contributed by atoms with Crippen molar-refractivity contribution in [3.05, 3.63) is 107 Å². The van der Waals surface area contributed by atoms with E-state index in [1.165, 1.54) is 22.3 Å². The van der Waals surface area contributed by atoms with E-state index in [9.17, 15) is 14.7 Å². The summed E-state index contributed by atoms with van der Waals surface area (Å²) in [6, 6.07) is 21.7. The topological polar surface area (TPSA) is 79.7 Å². The summed E-state index contributed by atoms with van der Waals surface area (Å²) >= 11 is 1.35. The van der Waals surface area contributed by atoms with Gasteiger partial charge in [-0.2, -0.15) is 0 Å². The Balaban J connectivity index is 1.60. The monoisotopic (exact) mass is 510 g/mol. The van der Waals surface area contributed by atoms with E-state index in [0.29, 0.717) is 23.1 Å². The fraction of sp³-hybridized carbons (Fsp3) is 0.167. The highest BCUT2D eigenvalue weighted by Crippen LogP contribution is 2.44. The summed E-state index contributed by atoms with van der Waals surface area (Å²) in [5.41, 5.74) is 3.33. The molecule has 0 saturated carbocycles. The van der Waals surface area contributed by atoms with Crippen LogP contribution in [-0.2, 0) is 9.59 Å². The summed E-state index contributed by atoms with van der Waals surface area (Å²) in [4.78, 5) is 33.0. The second kappa shape index (κ2) is 10.4. The van der Waals surface area contributed by atoms with E-state index >= 15 is 0 Å². The van der Waals surface area contributed by atoms with Crippen LogP contribution in [0, 0.1) is 6.92 Å². The molecule has 1 aliphatic heterocycles. The van der Waals surface area contributed by atoms with Gasteiger partial charge in [0.1, 0.15) is 5.75 Å². The first-order valence-corrected chi connectivity index (χ1v) is 12.9. The molecule has 1 N–H and O–H groups in total. The lowest BCUT2D eigenvalue weighted by Gasteiger charge is -2.24. The average molecular weight is 511 g/mol. The SMILES string of the molecule is CCCOc1cccc(C2C(C(=O)C=Cc3ccccc3)=C(O)C(=O)N2c2nc3ccc(C)cc3s2)c1. The van der Waals surface area contributed by atoms with E-state index in [1.54, 1.807) is 6.08 Å². The number of aromatic nitrogens is 1. The van der Waals surface area contributed by atoms with Crippen molar-refractivity contribution >= 4 is 44.5 Å². The number of ketones is 1. The van der Waals surface area contributed by atoms with Crippen LogP contribution >= 0.6 is 11.3 Å². The highest BCUT2D eigenvalue weighted by Gasteiger charge is 2.45. The maximum Gasteiger partial charge on any atom is 0.296 e. The molecule has 1 aromatic heterocycles. The number of ether oxygens (including phenoxy) is 1. The number of aliphatic hydroxyl groups is 1. The van der Waals surface area contributed by atoms with Gasteiger partial charge in [-0.1, -0.05) is 72.9 Å². The first-order chi connectivity index (χ1) is 18.0. The van der Waals surface area contributed by atoms with Crippen molar-refractivity contribution in [3.8, 4) is 5.75 Å². The maximum atomic E-state index is 13.5. The number of benzene rings is 3. The molecule has 0 bridgehead atoms. The molecule has 4 aromatic rings. The maximum absolute atomic E-state index is 13.5. The molecule has 0 aliphatic carbocycles. The van der Waals surface area contributed by atoms with E-state index < -0.39 is 23.5 Å². The zero-order valence-corrected chi connectivity index (χ0v) is 21.4. The first-order valence-electron chi connectivity index (χ1n) is 12.1. The molecule has 37 heavy (non-hydrogen) atoms. The zero-order chi connectivity index (χ0) is 25.9. The fourth-order valence-corrected chi connectivity index (χ4v) is 5.40. The Hall–Kier alpha value is -4.23. The standard InChI is InChI=1S/C30H26N2O4S/c1-3-16-36-22-11-7-10-21(18-22)27-26(24(33)15-13-20-8-5-4-6-9-20)28(34)29(35)32(27)30-31-23-14-12-19(2)17-25(23)37-30/h4-15,17-18,27,34H,3,16H2,1-2H3. The third-order valence-corrected chi connectivity index (χ3v) is 7.10. The molecule has 186 valence electrons. The third-order valence-electron chi connectivity index (χ3n) is 6.09. The summed E-state index contributed by atoms with van der Waals surface area (Å²) in [7, 11) is 0. The highest BCUT2D eigenvalue weighted by molar-refractivity contribution is 7.22. The van der Waals surface area contributed by atoms with Crippen LogP contribution in [0.25, 0.3) is 16.3 Å². The quantitative estimate of drug-likeness (QED) is 0.271. The van der Waals surface area contributed by atoms with Gasteiger partial charge in [0.15, 0.2) is 16.7 Å². The predicted octanol–water partition coefficient (Wildman–Crippen LogP) is 6.58. The van der Waals surface area contributed by atoms with Gasteiger partial charge in [0, 0.05) is 0 Å². The van der Waals surface area contributed by atoms with Crippen molar-refractivity contribution in [1.82, 2.24) is 4.98 Å². The Kier molecular flexibility index (Phi) is 6.88. The van der Waals surface area contributed by atoms with Crippen LogP contribution in [-0.4, -0.2) is 28.4 Å². The van der Waals surface area contributed by atoms with Crippen LogP contribution in [0.4, 0.5) is 5.13 Å². The van der Waals surface area contributed by atoms with Gasteiger partial charge in [-0.3, -0.25) is 14.5 Å². The van der Waals surface area contributed by atoms with E-state index in [0.717, 1.165) is 27.8 Å². The second-order valence-corrected chi connectivity index (χ2v) is 9.85. The van der Waals surface area contributed by atoms with E-state index in [2.05, 4.69) is 4.98 Å². The van der Waals surface area contributed by atoms with E-state index in [-0.39, 0.29) is 5.57 Å². The van der Waals surface area contributed by atoms with Gasteiger partial charge in [0.25, 0.3) is 5.91 Å². The number of anilines is 1. The van der Waals surface area contributed by atoms with Crippen LogP contribution in [0.1, 0.15) is 36.1 Å². The number of hydrogen-bond donors (Lipinski definition) is 1. The molecule has 0 radical (unpaired) electrons. The van der Waals surface area contributed by atoms with Crippen molar-refractivity contribution in [2.24, 2.45) is 0 Å². The van der Waals surface area contributed by atoms with Crippen molar-refractivity contribution < 1.29 is 19.4 Å². The summed E-state index contributed by atoms with van der Waals surface area (Å²) in [6.07, 6.45) is 3.91. The van der Waals surface area contributed by atoms with Crippen LogP contribution in [0.5, 0.6) is 5.75 Å². The summed E-state index contributed by atoms with van der Waals surface area (Å²) in [6.45, 7) is 4.56. The van der Waals surface area contributed by atoms with Crippen LogP contribution < -0.4 is 9.64 Å². The number of fused-ring (bicyclic) bond motifs is 1. The molecule has 1 unspecified atom stereocenters. The van der Waals surface area contributed by atoms with E-state index in [4.69, 9.17) is 4.74 Å². The molecule has 0 saturated heterocycles. The molecule has 2 heterocycles. The molecule has 1 amide bonds. The largest absolute Gasteiger partial charge is 0.503 e. The number of aryl methyl sites for hydroxylation is 1. The minimum Gasteiger partial charge on any atom is -0.503 e. The zero-order valence-electron chi connectivity index (χ0n) is 20.5. The number of thiazole rings is 1. The van der Waals surface area contributed by atoms with Crippen molar-refractivity contribution in [2.75, 3.05) is 11.5 Å². The molecule has 5 rings (SSSR count). The summed E-state index contributed by atoms with van der Waals surface area (Å²) < 4.78 is 6.74. The van der Waals surface area contributed by atoms with Crippen molar-refractivity contribution in [2.45, 2.75) is 26.3 Å². The lowest BCUT2D eigenvalue weighted by Crippen LogP contribution is -2.30. The second-order valence-electron chi connectivity index (χ2n) is 8.84. The Morgan fingerprint density at radius 1 is 1.11 bits per heavy atom. The van der Waals surface area contributed by atoms with Gasteiger partial charge in [0.2, 0.25) is 0 Å². The number of amides is 1. The summed E-state index contributed by atoms with van der Waals surface area (Å²) in [5.74, 6) is -1.04. The first kappa shape index (κ1) is 24.5. The van der Waals surface area contributed by atoms with Crippen LogP contribution in [0.3, 0.4) is 0 Å². The molecule has 0 fully saturated rings. The number of allylic oxidation sites excluding steroid dienone is 1. The van der Waals surface area contributed by atoms with Crippen molar-refractivity contribution in [1.29, 1.82) is 0 Å². The molecule has 3 aromatic carbocycles. The minimum absolute atomic E-state index is 0.0141. The average Bonchev–Trinajstić information content (AvgIpc) is 3.44. The predicted molar refractivity (Wildman–Crippen MR) is 147 cm³/mol. The number of nitrogens with zero attached hydrogens (tertiary/aromatic N) is 2. The van der Waals surface area contributed by atoms with Crippen LogP contribution in [0.15, 0.2) is 90.2 Å². The van der Waals surface area contributed by atoms with Gasteiger partial charge in [-0.15, -0.1) is 0 Å². The smallest absolute Gasteiger partial charge is 0.296 e. The summed E-state index contributed by atoms with van der Waals surface area (Å²) in [5, 5.41) is 11.4. The molecule has 1 aliphatic rings. The lowest BCUT2D eigenvalue weighted by atomic mass is 9.95. The Labute approximate surface area is 219 Å². The molecule has 1 atom stereocenters. The molecular formula is C30H26N2O4S. The molecule has 7 heteroatoms. The van der Waals surface area contributed by atoms with Gasteiger partial charge in [-0.25, -0.2) is 4.98 Å². The van der Waals surface area contributed by atoms with Gasteiger partial charge >= 0.3 is 0 Å². The number of carbonyl (C=O) groups excluding carboxylic acids is 2. The van der Waals surface area contributed by atoms with Crippen molar-refractivity contribution in [3.63, 3.8) is 0 Å². The number of aliphatic hydroxyl groups excluding tert-OH is 1. The molecule has 6 nitrogen and oxygen atoms in total. The van der Waals surface area contributed by atoms with E-state index in [1.807, 2.05) is 86.6 Å². The number of rotatable bonds is 8. The Bertz CT molecular complexity index is 1540. The van der Waals surface area contributed by atoms with Crippen LogP contribution in [0.2, 0.25) is 0 Å². The Morgan fingerprint density at radius 3 is 2.70 bits per heavy atom. The number of carbonyl (C=O) groups is 2. The van der Waals surface area contributed by atoms with Gasteiger partial charge in [0.05, 0.1) is 28.4 Å². The number of hydrogen-bond acceptors (Lipinski definition) is 6. The minimum atomic E-state index is -0.854. The molecular weight excluding hydrogens is 484 g/mol. The third kappa shape index (κ3) is 4.90. The highest BCUT2D eigenvalue weighted by atomic mass is 32.1. The Morgan fingerprint density at radius 2 is 1.92 bits per heavy atom. The lowest BCUT2D eigenvalue weighted by molar-refractivity contribution is -0.117. The fourth-order valence-electron chi connectivity index (χ4n) is 4.31.